The van der Waals surface area contributed by atoms with E-state index in [1.807, 2.05) is 0 Å². The van der Waals surface area contributed by atoms with Crippen LogP contribution in [-0.2, 0) is 12.8 Å². The molecule has 2 nitrogen and oxygen atoms in total. The van der Waals surface area contributed by atoms with Crippen LogP contribution in [0.2, 0.25) is 0 Å². The molecule has 0 aliphatic rings. The molecule has 0 saturated heterocycles. The van der Waals surface area contributed by atoms with Crippen molar-refractivity contribution in [2.24, 2.45) is 0 Å². The van der Waals surface area contributed by atoms with Gasteiger partial charge in [0, 0.05) is 6.42 Å². The molecule has 0 aliphatic heterocycles. The summed E-state index contributed by atoms with van der Waals surface area (Å²) in [6, 6.07) is 15.0. The predicted octanol–water partition coefficient (Wildman–Crippen LogP) is 4.36. The molecule has 0 spiro atoms. The highest BCUT2D eigenvalue weighted by Gasteiger charge is 2.04. The lowest BCUT2D eigenvalue weighted by Crippen LogP contribution is -1.91. The Labute approximate surface area is 119 Å². The first-order valence-corrected chi connectivity index (χ1v) is 7.22. The zero-order valence-electron chi connectivity index (χ0n) is 12.1. The van der Waals surface area contributed by atoms with Crippen LogP contribution in [0.15, 0.2) is 42.5 Å². The molecule has 0 radical (unpaired) electrons. The highest BCUT2D eigenvalue weighted by atomic mass is 14.9. The van der Waals surface area contributed by atoms with E-state index in [2.05, 4.69) is 61.3 Å². The van der Waals surface area contributed by atoms with E-state index in [0.29, 0.717) is 0 Å². The van der Waals surface area contributed by atoms with Gasteiger partial charge in [-0.15, -0.1) is 0 Å². The van der Waals surface area contributed by atoms with E-state index in [0.717, 1.165) is 36.1 Å². The summed E-state index contributed by atoms with van der Waals surface area (Å²) in [5.74, 6) is 1.10. The van der Waals surface area contributed by atoms with Crippen LogP contribution in [0.1, 0.15) is 28.9 Å². The molecule has 1 heterocycles. The van der Waals surface area contributed by atoms with E-state index in [9.17, 15) is 0 Å². The lowest BCUT2D eigenvalue weighted by atomic mass is 10.1. The van der Waals surface area contributed by atoms with Crippen LogP contribution in [0, 0.1) is 13.8 Å². The minimum atomic E-state index is 1.00. The Morgan fingerprint density at radius 1 is 0.950 bits per heavy atom. The molecule has 1 aromatic heterocycles. The molecule has 0 atom stereocenters. The number of nitrogens with zero attached hydrogens (tertiary/aromatic N) is 1. The summed E-state index contributed by atoms with van der Waals surface area (Å²) in [5.41, 5.74) is 6.26. The van der Waals surface area contributed by atoms with E-state index in [1.54, 1.807) is 0 Å². The lowest BCUT2D eigenvalue weighted by Gasteiger charge is -1.99. The number of H-pyrrole nitrogens is 1. The molecule has 2 aromatic carbocycles. The Bertz CT molecular complexity index is 672. The van der Waals surface area contributed by atoms with Gasteiger partial charge >= 0.3 is 0 Å². The normalized spacial score (nSPS) is 11.1. The molecule has 0 aliphatic carbocycles. The molecule has 2 heteroatoms. The number of hydrogen-bond donors (Lipinski definition) is 1. The van der Waals surface area contributed by atoms with Gasteiger partial charge < -0.3 is 4.98 Å². The van der Waals surface area contributed by atoms with Gasteiger partial charge in [0.2, 0.25) is 0 Å². The second-order valence-corrected chi connectivity index (χ2v) is 5.48. The standard InChI is InChI=1S/C18H20N2/c1-13-11-16-17(12-14(13)2)20-18(19-16)10-6-9-15-7-4-3-5-8-15/h3-5,7-8,11-12H,6,9-10H2,1-2H3,(H,19,20). The SMILES string of the molecule is Cc1cc2nc(CCCc3ccccc3)[nH]c2cc1C. The summed E-state index contributed by atoms with van der Waals surface area (Å²) >= 11 is 0. The van der Waals surface area contributed by atoms with Crippen molar-refractivity contribution in [1.29, 1.82) is 0 Å². The number of benzene rings is 2. The summed E-state index contributed by atoms with van der Waals surface area (Å²) in [6.07, 6.45) is 3.24. The van der Waals surface area contributed by atoms with Crippen LogP contribution in [0.25, 0.3) is 11.0 Å². The number of aromatic amines is 1. The Morgan fingerprint density at radius 3 is 2.50 bits per heavy atom. The second kappa shape index (κ2) is 5.49. The molecule has 0 fully saturated rings. The van der Waals surface area contributed by atoms with Crippen molar-refractivity contribution in [3.63, 3.8) is 0 Å². The Hall–Kier alpha value is -2.09. The summed E-state index contributed by atoms with van der Waals surface area (Å²) in [5, 5.41) is 0. The Kier molecular flexibility index (Phi) is 3.55. The van der Waals surface area contributed by atoms with Crippen LogP contribution in [0.5, 0.6) is 0 Å². The number of rotatable bonds is 4. The zero-order valence-corrected chi connectivity index (χ0v) is 12.1. The third kappa shape index (κ3) is 2.74. The van der Waals surface area contributed by atoms with Crippen molar-refractivity contribution >= 4 is 11.0 Å². The van der Waals surface area contributed by atoms with Crippen molar-refractivity contribution in [1.82, 2.24) is 9.97 Å². The molecule has 0 amide bonds. The van der Waals surface area contributed by atoms with Crippen LogP contribution in [-0.4, -0.2) is 9.97 Å². The van der Waals surface area contributed by atoms with E-state index < -0.39 is 0 Å². The van der Waals surface area contributed by atoms with Crippen molar-refractivity contribution in [3.8, 4) is 0 Å². The van der Waals surface area contributed by atoms with E-state index in [-0.39, 0.29) is 0 Å². The smallest absolute Gasteiger partial charge is 0.107 e. The molecule has 3 aromatic rings. The molecule has 3 rings (SSSR count). The molecule has 20 heavy (non-hydrogen) atoms. The molecular weight excluding hydrogens is 244 g/mol. The average molecular weight is 264 g/mol. The molecule has 102 valence electrons. The monoisotopic (exact) mass is 264 g/mol. The maximum Gasteiger partial charge on any atom is 0.107 e. The van der Waals surface area contributed by atoms with Gasteiger partial charge in [0.15, 0.2) is 0 Å². The lowest BCUT2D eigenvalue weighted by molar-refractivity contribution is 0.786. The highest BCUT2D eigenvalue weighted by Crippen LogP contribution is 2.18. The average Bonchev–Trinajstić information content (AvgIpc) is 2.82. The van der Waals surface area contributed by atoms with Crippen LogP contribution in [0.4, 0.5) is 0 Å². The van der Waals surface area contributed by atoms with Gasteiger partial charge in [-0.05, 0) is 55.5 Å². The van der Waals surface area contributed by atoms with E-state index in [4.69, 9.17) is 4.98 Å². The minimum Gasteiger partial charge on any atom is -0.342 e. The van der Waals surface area contributed by atoms with Gasteiger partial charge in [-0.2, -0.15) is 0 Å². The number of fused-ring (bicyclic) bond motifs is 1. The fourth-order valence-corrected chi connectivity index (χ4v) is 2.55. The summed E-state index contributed by atoms with van der Waals surface area (Å²) in [6.45, 7) is 4.28. The third-order valence-electron chi connectivity index (χ3n) is 3.87. The molecular formula is C18H20N2. The summed E-state index contributed by atoms with van der Waals surface area (Å²) < 4.78 is 0. The van der Waals surface area contributed by atoms with E-state index in [1.165, 1.54) is 16.7 Å². The van der Waals surface area contributed by atoms with Crippen LogP contribution >= 0.6 is 0 Å². The maximum absolute atomic E-state index is 4.69. The van der Waals surface area contributed by atoms with Gasteiger partial charge in [0.25, 0.3) is 0 Å². The first kappa shape index (κ1) is 12.9. The van der Waals surface area contributed by atoms with Crippen molar-refractivity contribution < 1.29 is 0 Å². The molecule has 1 N–H and O–H groups in total. The van der Waals surface area contributed by atoms with Crippen molar-refractivity contribution in [2.75, 3.05) is 0 Å². The van der Waals surface area contributed by atoms with Crippen LogP contribution in [0.3, 0.4) is 0 Å². The molecule has 0 saturated carbocycles. The number of nitrogens with one attached hydrogen (secondary N) is 1. The first-order valence-electron chi connectivity index (χ1n) is 7.22. The largest absolute Gasteiger partial charge is 0.342 e. The quantitative estimate of drug-likeness (QED) is 0.745. The predicted molar refractivity (Wildman–Crippen MR) is 84.0 cm³/mol. The van der Waals surface area contributed by atoms with Gasteiger partial charge in [0.05, 0.1) is 11.0 Å². The zero-order chi connectivity index (χ0) is 13.9. The Morgan fingerprint density at radius 2 is 1.70 bits per heavy atom. The van der Waals surface area contributed by atoms with Crippen LogP contribution < -0.4 is 0 Å². The maximum atomic E-state index is 4.69. The van der Waals surface area contributed by atoms with Crippen molar-refractivity contribution in [2.45, 2.75) is 33.1 Å². The fourth-order valence-electron chi connectivity index (χ4n) is 2.55. The number of hydrogen-bond acceptors (Lipinski definition) is 1. The summed E-state index contributed by atoms with van der Waals surface area (Å²) in [4.78, 5) is 8.13. The highest BCUT2D eigenvalue weighted by molar-refractivity contribution is 5.77. The number of aryl methyl sites for hydroxylation is 4. The second-order valence-electron chi connectivity index (χ2n) is 5.48. The molecule has 0 bridgehead atoms. The fraction of sp³-hybridized carbons (Fsp3) is 0.278. The van der Waals surface area contributed by atoms with Gasteiger partial charge in [-0.25, -0.2) is 4.98 Å². The Balaban J connectivity index is 1.69. The van der Waals surface area contributed by atoms with Crippen molar-refractivity contribution in [3.05, 3.63) is 65.0 Å². The number of imidazole rings is 1. The van der Waals surface area contributed by atoms with Gasteiger partial charge in [-0.1, -0.05) is 30.3 Å². The first-order chi connectivity index (χ1) is 9.72. The van der Waals surface area contributed by atoms with E-state index >= 15 is 0 Å². The minimum absolute atomic E-state index is 1.00. The van der Waals surface area contributed by atoms with Gasteiger partial charge in [0.1, 0.15) is 5.82 Å². The summed E-state index contributed by atoms with van der Waals surface area (Å²) in [7, 11) is 0. The number of aromatic nitrogens is 2. The molecule has 0 unspecified atom stereocenters. The van der Waals surface area contributed by atoms with Gasteiger partial charge in [-0.3, -0.25) is 0 Å². The third-order valence-corrected chi connectivity index (χ3v) is 3.87. The topological polar surface area (TPSA) is 28.7 Å².